The van der Waals surface area contributed by atoms with E-state index in [1.807, 2.05) is 18.2 Å². The number of hydrogen-bond donors (Lipinski definition) is 0. The van der Waals surface area contributed by atoms with E-state index in [1.165, 1.54) is 12.0 Å². The van der Waals surface area contributed by atoms with Gasteiger partial charge in [-0.05, 0) is 18.1 Å². The summed E-state index contributed by atoms with van der Waals surface area (Å²) in [5, 5.41) is 0. The fourth-order valence-corrected chi connectivity index (χ4v) is 1.18. The van der Waals surface area contributed by atoms with Gasteiger partial charge in [0.1, 0.15) is 5.75 Å². The van der Waals surface area contributed by atoms with Crippen molar-refractivity contribution in [1.29, 1.82) is 0 Å². The van der Waals surface area contributed by atoms with Crippen molar-refractivity contribution in [3.8, 4) is 5.75 Å². The van der Waals surface area contributed by atoms with Gasteiger partial charge in [-0.15, -0.1) is 0 Å². The van der Waals surface area contributed by atoms with Crippen molar-refractivity contribution >= 4 is 0 Å². The van der Waals surface area contributed by atoms with Crippen molar-refractivity contribution in [3.05, 3.63) is 29.8 Å². The molecule has 1 aromatic rings. The number of methoxy groups -OCH3 is 1. The number of para-hydroxylation sites is 1. The molecule has 0 saturated carbocycles. The van der Waals surface area contributed by atoms with Crippen LogP contribution >= 0.6 is 0 Å². The van der Waals surface area contributed by atoms with Crippen molar-refractivity contribution in [2.75, 3.05) is 7.11 Å². The maximum Gasteiger partial charge on any atom is 0.122 e. The largest absolute Gasteiger partial charge is 0.496 e. The maximum atomic E-state index is 5.20. The predicted octanol–water partition coefficient (Wildman–Crippen LogP) is 2.65. The minimum absolute atomic E-state index is 0. The van der Waals surface area contributed by atoms with Crippen LogP contribution in [0.15, 0.2) is 24.3 Å². The Kier molecular flexibility index (Phi) is 5.87. The summed E-state index contributed by atoms with van der Waals surface area (Å²) >= 11 is 0. The van der Waals surface area contributed by atoms with Crippen molar-refractivity contribution in [2.45, 2.75) is 19.8 Å². The molecule has 0 N–H and O–H groups in total. The second-order valence-electron chi connectivity index (χ2n) is 2.56. The Morgan fingerprint density at radius 2 is 1.92 bits per heavy atom. The van der Waals surface area contributed by atoms with Gasteiger partial charge in [0.05, 0.1) is 7.11 Å². The number of ether oxygens (including phenoxy) is 1. The van der Waals surface area contributed by atoms with E-state index in [1.54, 1.807) is 7.11 Å². The molecule has 2 heteroatoms. The molecule has 1 aromatic carbocycles. The van der Waals surface area contributed by atoms with Crippen molar-refractivity contribution in [1.82, 2.24) is 0 Å². The van der Waals surface area contributed by atoms with Gasteiger partial charge in [-0.1, -0.05) is 31.5 Å². The normalized spacial score (nSPS) is 8.83. The Balaban J connectivity index is 0.00000121. The molecule has 0 fully saturated rings. The summed E-state index contributed by atoms with van der Waals surface area (Å²) in [7, 11) is 1.72. The molecule has 0 radical (unpaired) electrons. The molecule has 0 atom stereocenters. The standard InChI is InChI=1S/C10H14O.Fe/c1-3-6-9-7-4-5-8-10(9)11-2;/h4-5,7-8H,3,6H2,1-2H3;. The summed E-state index contributed by atoms with van der Waals surface area (Å²) in [6, 6.07) is 8.17. The molecule has 1 rings (SSSR count). The average Bonchev–Trinajstić information content (AvgIpc) is 2.06. The van der Waals surface area contributed by atoms with Gasteiger partial charge < -0.3 is 4.74 Å². The van der Waals surface area contributed by atoms with Crippen LogP contribution in [0.2, 0.25) is 0 Å². The van der Waals surface area contributed by atoms with Crippen molar-refractivity contribution in [3.63, 3.8) is 0 Å². The Bertz CT molecular complexity index is 223. The molecule has 0 saturated heterocycles. The summed E-state index contributed by atoms with van der Waals surface area (Å²) in [6.45, 7) is 2.17. The van der Waals surface area contributed by atoms with Crippen LogP contribution < -0.4 is 4.74 Å². The SMILES string of the molecule is CCCc1ccccc1OC.[Fe]. The third-order valence-electron chi connectivity index (χ3n) is 1.71. The number of benzene rings is 1. The zero-order valence-electron chi connectivity index (χ0n) is 7.49. The third-order valence-corrected chi connectivity index (χ3v) is 1.71. The van der Waals surface area contributed by atoms with Crippen LogP contribution in [0.4, 0.5) is 0 Å². The van der Waals surface area contributed by atoms with Crippen LogP contribution in [0.5, 0.6) is 5.75 Å². The molecule has 0 aliphatic carbocycles. The first-order valence-corrected chi connectivity index (χ1v) is 4.00. The van der Waals surface area contributed by atoms with Crippen LogP contribution in [-0.4, -0.2) is 7.11 Å². The molecule has 1 nitrogen and oxygen atoms in total. The first kappa shape index (κ1) is 11.5. The Morgan fingerprint density at radius 1 is 1.25 bits per heavy atom. The van der Waals surface area contributed by atoms with Gasteiger partial charge in [-0.25, -0.2) is 0 Å². The summed E-state index contributed by atoms with van der Waals surface area (Å²) < 4.78 is 5.20. The van der Waals surface area contributed by atoms with Gasteiger partial charge in [-0.3, -0.25) is 0 Å². The van der Waals surface area contributed by atoms with Crippen LogP contribution in [-0.2, 0) is 23.5 Å². The molecular weight excluding hydrogens is 192 g/mol. The molecule has 0 aliphatic rings. The molecule has 12 heavy (non-hydrogen) atoms. The minimum Gasteiger partial charge on any atom is -0.496 e. The topological polar surface area (TPSA) is 9.23 Å². The fourth-order valence-electron chi connectivity index (χ4n) is 1.18. The number of hydrogen-bond acceptors (Lipinski definition) is 1. The first-order valence-electron chi connectivity index (χ1n) is 4.00. The summed E-state index contributed by atoms with van der Waals surface area (Å²) in [4.78, 5) is 0. The summed E-state index contributed by atoms with van der Waals surface area (Å²) in [6.07, 6.45) is 2.27. The van der Waals surface area contributed by atoms with E-state index in [-0.39, 0.29) is 17.1 Å². The Morgan fingerprint density at radius 3 is 2.50 bits per heavy atom. The quantitative estimate of drug-likeness (QED) is 0.690. The second-order valence-corrected chi connectivity index (χ2v) is 2.56. The molecule has 68 valence electrons. The second kappa shape index (κ2) is 6.10. The van der Waals surface area contributed by atoms with Gasteiger partial charge in [-0.2, -0.15) is 0 Å². The predicted molar refractivity (Wildman–Crippen MR) is 47.0 cm³/mol. The van der Waals surface area contributed by atoms with Crippen molar-refractivity contribution in [2.24, 2.45) is 0 Å². The van der Waals surface area contributed by atoms with Crippen LogP contribution in [0.3, 0.4) is 0 Å². The third kappa shape index (κ3) is 2.88. The number of rotatable bonds is 3. The molecule has 0 aliphatic heterocycles. The van der Waals surface area contributed by atoms with Crippen LogP contribution in [0.25, 0.3) is 0 Å². The molecule has 0 aromatic heterocycles. The zero-order chi connectivity index (χ0) is 8.10. The maximum absolute atomic E-state index is 5.20. The molecule has 0 spiro atoms. The molecule has 0 heterocycles. The zero-order valence-corrected chi connectivity index (χ0v) is 8.59. The molecule has 0 unspecified atom stereocenters. The van der Waals surface area contributed by atoms with E-state index in [2.05, 4.69) is 13.0 Å². The van der Waals surface area contributed by atoms with E-state index in [0.29, 0.717) is 0 Å². The van der Waals surface area contributed by atoms with Gasteiger partial charge in [0.2, 0.25) is 0 Å². The van der Waals surface area contributed by atoms with Gasteiger partial charge >= 0.3 is 0 Å². The molecular formula is C10H14FeO. The van der Waals surface area contributed by atoms with E-state index < -0.39 is 0 Å². The van der Waals surface area contributed by atoms with Crippen molar-refractivity contribution < 1.29 is 21.8 Å². The molecule has 0 amide bonds. The van der Waals surface area contributed by atoms with Crippen LogP contribution in [0, 0.1) is 0 Å². The van der Waals surface area contributed by atoms with E-state index in [9.17, 15) is 0 Å². The van der Waals surface area contributed by atoms with Crippen LogP contribution in [0.1, 0.15) is 18.9 Å². The Hall–Kier alpha value is -0.461. The average molecular weight is 206 g/mol. The molecule has 0 bridgehead atoms. The monoisotopic (exact) mass is 206 g/mol. The first-order chi connectivity index (χ1) is 5.38. The summed E-state index contributed by atoms with van der Waals surface area (Å²) in [5.41, 5.74) is 1.30. The van der Waals surface area contributed by atoms with Gasteiger partial charge in [0.15, 0.2) is 0 Å². The minimum atomic E-state index is 0. The smallest absolute Gasteiger partial charge is 0.122 e. The van der Waals surface area contributed by atoms with E-state index in [0.717, 1.165) is 12.2 Å². The number of aryl methyl sites for hydroxylation is 1. The van der Waals surface area contributed by atoms with E-state index >= 15 is 0 Å². The fraction of sp³-hybridized carbons (Fsp3) is 0.400. The van der Waals surface area contributed by atoms with Gasteiger partial charge in [0, 0.05) is 17.1 Å². The van der Waals surface area contributed by atoms with Gasteiger partial charge in [0.25, 0.3) is 0 Å². The van der Waals surface area contributed by atoms with E-state index in [4.69, 9.17) is 4.74 Å². The summed E-state index contributed by atoms with van der Waals surface area (Å²) in [5.74, 6) is 1.01. The Labute approximate surface area is 84.6 Å².